The van der Waals surface area contributed by atoms with E-state index in [-0.39, 0.29) is 0 Å². The standard InChI is InChI=1S/C12H10N2OS.C2H2O4/c1-14-5-4-9(7-14)12-13-10(8-16-12)11-3-2-6-15-11;3-1(4)2(5)6/h2-8H,1H3;(H,3,4)(H,5,6). The van der Waals surface area contributed by atoms with Gasteiger partial charge in [-0.15, -0.1) is 11.3 Å². The van der Waals surface area contributed by atoms with Gasteiger partial charge in [-0.1, -0.05) is 0 Å². The average Bonchev–Trinajstić information content (AvgIpc) is 3.19. The van der Waals surface area contributed by atoms with Gasteiger partial charge in [0.15, 0.2) is 5.76 Å². The van der Waals surface area contributed by atoms with Gasteiger partial charge in [0, 0.05) is 30.4 Å². The fourth-order valence-electron chi connectivity index (χ4n) is 1.57. The van der Waals surface area contributed by atoms with E-state index >= 15 is 0 Å². The van der Waals surface area contributed by atoms with Crippen LogP contribution >= 0.6 is 11.3 Å². The number of furan rings is 1. The molecule has 0 aromatic carbocycles. The molecule has 0 saturated heterocycles. The molecule has 0 spiro atoms. The molecule has 3 aromatic rings. The van der Waals surface area contributed by atoms with E-state index in [0.29, 0.717) is 0 Å². The van der Waals surface area contributed by atoms with E-state index in [9.17, 15) is 0 Å². The maximum atomic E-state index is 9.10. The lowest BCUT2D eigenvalue weighted by Crippen LogP contribution is -2.09. The average molecular weight is 320 g/mol. The van der Waals surface area contributed by atoms with Crippen LogP contribution in [0.3, 0.4) is 0 Å². The molecular formula is C14H12N2O5S. The zero-order valence-electron chi connectivity index (χ0n) is 11.5. The second-order valence-electron chi connectivity index (χ2n) is 4.19. The van der Waals surface area contributed by atoms with Crippen molar-refractivity contribution in [1.29, 1.82) is 0 Å². The lowest BCUT2D eigenvalue weighted by atomic mass is 10.3. The van der Waals surface area contributed by atoms with Gasteiger partial charge in [-0.3, -0.25) is 0 Å². The monoisotopic (exact) mass is 320 g/mol. The molecular weight excluding hydrogens is 308 g/mol. The Morgan fingerprint density at radius 2 is 2.00 bits per heavy atom. The van der Waals surface area contributed by atoms with Crippen LogP contribution in [0.15, 0.2) is 46.7 Å². The van der Waals surface area contributed by atoms with Gasteiger partial charge in [-0.2, -0.15) is 0 Å². The molecule has 3 heterocycles. The number of aromatic nitrogens is 2. The Kier molecular flexibility index (Phi) is 4.74. The summed E-state index contributed by atoms with van der Waals surface area (Å²) < 4.78 is 7.33. The fraction of sp³-hybridized carbons (Fsp3) is 0.0714. The number of hydrogen-bond donors (Lipinski definition) is 2. The van der Waals surface area contributed by atoms with Crippen LogP contribution in [0.1, 0.15) is 0 Å². The number of aliphatic carboxylic acids is 2. The zero-order valence-corrected chi connectivity index (χ0v) is 12.3. The summed E-state index contributed by atoms with van der Waals surface area (Å²) in [5.41, 5.74) is 2.04. The maximum Gasteiger partial charge on any atom is 0.414 e. The summed E-state index contributed by atoms with van der Waals surface area (Å²) in [5, 5.41) is 17.8. The van der Waals surface area contributed by atoms with Crippen LogP contribution in [0.2, 0.25) is 0 Å². The van der Waals surface area contributed by atoms with Crippen molar-refractivity contribution in [2.24, 2.45) is 7.05 Å². The fourth-order valence-corrected chi connectivity index (χ4v) is 2.37. The summed E-state index contributed by atoms with van der Waals surface area (Å²) in [4.78, 5) is 22.7. The van der Waals surface area contributed by atoms with E-state index < -0.39 is 11.9 Å². The smallest absolute Gasteiger partial charge is 0.414 e. The number of rotatable bonds is 2. The van der Waals surface area contributed by atoms with Gasteiger partial charge in [0.2, 0.25) is 0 Å². The SMILES string of the molecule is Cn1ccc(-c2nc(-c3ccco3)cs2)c1.O=C(O)C(=O)O. The van der Waals surface area contributed by atoms with Crippen LogP contribution in [-0.4, -0.2) is 31.7 Å². The molecule has 0 saturated carbocycles. The molecule has 0 radical (unpaired) electrons. The first kappa shape index (κ1) is 15.5. The van der Waals surface area contributed by atoms with E-state index in [1.54, 1.807) is 17.6 Å². The van der Waals surface area contributed by atoms with Crippen LogP contribution in [0.25, 0.3) is 22.0 Å². The summed E-state index contributed by atoms with van der Waals surface area (Å²) in [6.07, 6.45) is 5.74. The Hall–Kier alpha value is -2.87. The van der Waals surface area contributed by atoms with E-state index in [0.717, 1.165) is 22.0 Å². The van der Waals surface area contributed by atoms with Crippen LogP contribution in [0.4, 0.5) is 0 Å². The number of hydrogen-bond acceptors (Lipinski definition) is 5. The van der Waals surface area contributed by atoms with Crippen LogP contribution < -0.4 is 0 Å². The van der Waals surface area contributed by atoms with E-state index in [4.69, 9.17) is 24.2 Å². The van der Waals surface area contributed by atoms with Crippen LogP contribution in [-0.2, 0) is 16.6 Å². The molecule has 22 heavy (non-hydrogen) atoms. The summed E-state index contributed by atoms with van der Waals surface area (Å²) in [6, 6.07) is 5.85. The molecule has 3 aromatic heterocycles. The number of carboxylic acids is 2. The normalized spacial score (nSPS) is 9.86. The lowest BCUT2D eigenvalue weighted by molar-refractivity contribution is -0.159. The Bertz CT molecular complexity index is 761. The molecule has 114 valence electrons. The first-order chi connectivity index (χ1) is 10.5. The van der Waals surface area contributed by atoms with Crippen molar-refractivity contribution in [2.75, 3.05) is 0 Å². The minimum absolute atomic E-state index is 0.818. The van der Waals surface area contributed by atoms with E-state index in [2.05, 4.69) is 17.2 Å². The highest BCUT2D eigenvalue weighted by molar-refractivity contribution is 7.13. The number of carbonyl (C=O) groups is 2. The van der Waals surface area contributed by atoms with E-state index in [1.165, 1.54) is 0 Å². The second kappa shape index (κ2) is 6.72. The van der Waals surface area contributed by atoms with Gasteiger partial charge in [-0.25, -0.2) is 14.6 Å². The van der Waals surface area contributed by atoms with Gasteiger partial charge in [-0.05, 0) is 18.2 Å². The Morgan fingerprint density at radius 3 is 2.50 bits per heavy atom. The number of thiazole rings is 1. The third kappa shape index (κ3) is 3.83. The number of nitrogens with zero attached hydrogens (tertiary/aromatic N) is 2. The van der Waals surface area contributed by atoms with Gasteiger partial charge in [0.1, 0.15) is 10.7 Å². The molecule has 2 N–H and O–H groups in total. The zero-order chi connectivity index (χ0) is 16.1. The predicted octanol–water partition coefficient (Wildman–Crippen LogP) is 2.56. The van der Waals surface area contributed by atoms with Crippen molar-refractivity contribution >= 4 is 23.3 Å². The molecule has 0 atom stereocenters. The largest absolute Gasteiger partial charge is 0.473 e. The third-order valence-electron chi connectivity index (χ3n) is 2.54. The van der Waals surface area contributed by atoms with Crippen molar-refractivity contribution in [2.45, 2.75) is 0 Å². The Morgan fingerprint density at radius 1 is 1.27 bits per heavy atom. The molecule has 0 aliphatic heterocycles. The predicted molar refractivity (Wildman–Crippen MR) is 79.5 cm³/mol. The summed E-state index contributed by atoms with van der Waals surface area (Å²) in [5.74, 6) is -2.83. The molecule has 0 fully saturated rings. The van der Waals surface area contributed by atoms with Crippen LogP contribution in [0.5, 0.6) is 0 Å². The summed E-state index contributed by atoms with van der Waals surface area (Å²) >= 11 is 1.63. The molecule has 0 amide bonds. The summed E-state index contributed by atoms with van der Waals surface area (Å²) in [6.45, 7) is 0. The minimum Gasteiger partial charge on any atom is -0.473 e. The molecule has 7 nitrogen and oxygen atoms in total. The quantitative estimate of drug-likeness (QED) is 0.703. The summed E-state index contributed by atoms with van der Waals surface area (Å²) in [7, 11) is 2.00. The first-order valence-electron chi connectivity index (χ1n) is 6.05. The van der Waals surface area contributed by atoms with Gasteiger partial charge in [0.05, 0.1) is 6.26 Å². The first-order valence-corrected chi connectivity index (χ1v) is 6.93. The van der Waals surface area contributed by atoms with Crippen LogP contribution in [0, 0.1) is 0 Å². The van der Waals surface area contributed by atoms with Gasteiger partial charge < -0.3 is 19.2 Å². The third-order valence-corrected chi connectivity index (χ3v) is 3.43. The maximum absolute atomic E-state index is 9.10. The molecule has 8 heteroatoms. The number of carboxylic acid groups (broad SMARTS) is 2. The van der Waals surface area contributed by atoms with Gasteiger partial charge in [0.25, 0.3) is 0 Å². The molecule has 0 aliphatic carbocycles. The topological polar surface area (TPSA) is 106 Å². The molecule has 0 aliphatic rings. The van der Waals surface area contributed by atoms with Crippen molar-refractivity contribution in [3.8, 4) is 22.0 Å². The highest BCUT2D eigenvalue weighted by Crippen LogP contribution is 2.28. The minimum atomic E-state index is -1.82. The lowest BCUT2D eigenvalue weighted by Gasteiger charge is -1.89. The second-order valence-corrected chi connectivity index (χ2v) is 5.05. The van der Waals surface area contributed by atoms with Gasteiger partial charge >= 0.3 is 11.9 Å². The Labute approximate surface area is 129 Å². The molecule has 3 rings (SSSR count). The highest BCUT2D eigenvalue weighted by atomic mass is 32.1. The van der Waals surface area contributed by atoms with E-state index in [1.807, 2.05) is 35.3 Å². The van der Waals surface area contributed by atoms with Crippen molar-refractivity contribution in [3.63, 3.8) is 0 Å². The van der Waals surface area contributed by atoms with Crippen molar-refractivity contribution in [3.05, 3.63) is 42.2 Å². The Balaban J connectivity index is 0.000000254. The molecule has 0 bridgehead atoms. The molecule has 0 unspecified atom stereocenters. The number of aryl methyl sites for hydroxylation is 1. The van der Waals surface area contributed by atoms with Crippen molar-refractivity contribution in [1.82, 2.24) is 9.55 Å². The van der Waals surface area contributed by atoms with Crippen molar-refractivity contribution < 1.29 is 24.2 Å². The highest BCUT2D eigenvalue weighted by Gasteiger charge is 2.08.